The fraction of sp³-hybridized carbons (Fsp3) is 0.0455. The summed E-state index contributed by atoms with van der Waals surface area (Å²) in [7, 11) is 0. The molecule has 1 amide bonds. The molecule has 2 aromatic heterocycles. The Kier molecular flexibility index (Phi) is 5.24. The summed E-state index contributed by atoms with van der Waals surface area (Å²) < 4.78 is 28.3. The van der Waals surface area contributed by atoms with Crippen LogP contribution in [0.3, 0.4) is 0 Å². The van der Waals surface area contributed by atoms with Crippen molar-refractivity contribution in [2.24, 2.45) is 0 Å². The molecule has 8 heteroatoms. The van der Waals surface area contributed by atoms with E-state index in [1.165, 1.54) is 23.7 Å². The predicted octanol–water partition coefficient (Wildman–Crippen LogP) is 4.50. The molecule has 0 aliphatic heterocycles. The maximum Gasteiger partial charge on any atom is 0.281 e. The van der Waals surface area contributed by atoms with Crippen LogP contribution in [0.2, 0.25) is 0 Å². The van der Waals surface area contributed by atoms with Gasteiger partial charge in [0, 0.05) is 22.1 Å². The fourth-order valence-corrected chi connectivity index (χ4v) is 4.12. The number of thiophene rings is 1. The number of hydrogen-bond acceptors (Lipinski definition) is 4. The smallest absolute Gasteiger partial charge is 0.268 e. The second kappa shape index (κ2) is 8.00. The minimum absolute atomic E-state index is 0.339. The van der Waals surface area contributed by atoms with Gasteiger partial charge in [0.15, 0.2) is 0 Å². The molecule has 0 saturated carbocycles. The summed E-state index contributed by atoms with van der Waals surface area (Å²) in [6, 6.07) is 12.8. The van der Waals surface area contributed by atoms with Crippen LogP contribution < -0.4 is 11.0 Å². The van der Waals surface area contributed by atoms with E-state index in [9.17, 15) is 18.4 Å². The van der Waals surface area contributed by atoms with E-state index in [-0.39, 0.29) is 5.56 Å². The van der Waals surface area contributed by atoms with Crippen LogP contribution >= 0.6 is 11.3 Å². The predicted molar refractivity (Wildman–Crippen MR) is 114 cm³/mol. The number of halogens is 2. The van der Waals surface area contributed by atoms with E-state index < -0.39 is 23.1 Å². The van der Waals surface area contributed by atoms with Gasteiger partial charge in [0.05, 0.1) is 5.39 Å². The number of fused-ring (bicyclic) bond motifs is 1. The van der Waals surface area contributed by atoms with Gasteiger partial charge in [-0.2, -0.15) is 0 Å². The molecular weight excluding hydrogens is 408 g/mol. The van der Waals surface area contributed by atoms with E-state index in [2.05, 4.69) is 10.4 Å². The van der Waals surface area contributed by atoms with Crippen molar-refractivity contribution in [3.05, 3.63) is 93.4 Å². The Bertz CT molecular complexity index is 1320. The monoisotopic (exact) mass is 423 g/mol. The second-order valence-corrected chi connectivity index (χ2v) is 7.65. The second-order valence-electron chi connectivity index (χ2n) is 6.44. The molecule has 4 rings (SSSR count). The number of rotatable bonds is 4. The average Bonchev–Trinajstić information content (AvgIpc) is 3.07. The lowest BCUT2D eigenvalue weighted by Crippen LogP contribution is -2.32. The lowest BCUT2D eigenvalue weighted by atomic mass is 10.0. The van der Waals surface area contributed by atoms with E-state index >= 15 is 0 Å². The number of nitrogens with zero attached hydrogens (tertiary/aromatic N) is 2. The zero-order valence-corrected chi connectivity index (χ0v) is 16.5. The lowest BCUT2D eigenvalue weighted by molar-refractivity contribution is -0.112. The van der Waals surface area contributed by atoms with Crippen molar-refractivity contribution in [1.82, 2.24) is 9.66 Å². The van der Waals surface area contributed by atoms with Crippen LogP contribution in [-0.2, 0) is 4.79 Å². The van der Waals surface area contributed by atoms with Crippen LogP contribution in [0.15, 0.2) is 65.7 Å². The largest absolute Gasteiger partial charge is 0.281 e. The molecular formula is C22H15F2N3O2S. The van der Waals surface area contributed by atoms with E-state index in [0.717, 1.165) is 45.0 Å². The van der Waals surface area contributed by atoms with Gasteiger partial charge in [-0.3, -0.25) is 15.0 Å². The Labute approximate surface area is 173 Å². The lowest BCUT2D eigenvalue weighted by Gasteiger charge is -2.07. The Morgan fingerprint density at radius 1 is 1.10 bits per heavy atom. The summed E-state index contributed by atoms with van der Waals surface area (Å²) in [5.74, 6) is -2.31. The van der Waals surface area contributed by atoms with Crippen LogP contribution in [0.4, 0.5) is 8.78 Å². The summed E-state index contributed by atoms with van der Waals surface area (Å²) in [6.45, 7) is 1.91. The van der Waals surface area contributed by atoms with Crippen LogP contribution in [0.25, 0.3) is 27.4 Å². The van der Waals surface area contributed by atoms with Crippen molar-refractivity contribution in [2.75, 3.05) is 5.43 Å². The molecule has 0 spiro atoms. The number of amides is 1. The third kappa shape index (κ3) is 3.65. The first kappa shape index (κ1) is 19.7. The van der Waals surface area contributed by atoms with Crippen LogP contribution in [0.5, 0.6) is 0 Å². The first-order chi connectivity index (χ1) is 14.5. The van der Waals surface area contributed by atoms with Gasteiger partial charge in [-0.05, 0) is 30.7 Å². The SMILES string of the molecule is Cc1sc2ncn(NC(=O)/C=C/c3c(F)cccc3F)c(=O)c2c1-c1ccccc1. The first-order valence-electron chi connectivity index (χ1n) is 8.95. The number of carbonyl (C=O) groups excluding carboxylic acids is 1. The third-order valence-corrected chi connectivity index (χ3v) is 5.50. The van der Waals surface area contributed by atoms with Gasteiger partial charge in [0.2, 0.25) is 0 Å². The Balaban J connectivity index is 1.69. The molecule has 2 heterocycles. The maximum atomic E-state index is 13.7. The number of benzene rings is 2. The molecule has 0 unspecified atom stereocenters. The third-order valence-electron chi connectivity index (χ3n) is 4.48. The molecule has 0 radical (unpaired) electrons. The summed E-state index contributed by atoms with van der Waals surface area (Å²) in [5, 5.41) is 0.399. The normalized spacial score (nSPS) is 11.3. The van der Waals surface area contributed by atoms with Gasteiger partial charge in [0.25, 0.3) is 11.5 Å². The molecule has 0 fully saturated rings. The van der Waals surface area contributed by atoms with Crippen molar-refractivity contribution in [2.45, 2.75) is 6.92 Å². The highest BCUT2D eigenvalue weighted by molar-refractivity contribution is 7.19. The molecule has 150 valence electrons. The average molecular weight is 423 g/mol. The van der Waals surface area contributed by atoms with Gasteiger partial charge in [-0.15, -0.1) is 11.3 Å². The molecule has 2 aromatic carbocycles. The fourth-order valence-electron chi connectivity index (χ4n) is 3.12. The minimum Gasteiger partial charge on any atom is -0.268 e. The summed E-state index contributed by atoms with van der Waals surface area (Å²) in [6.07, 6.45) is 3.18. The molecule has 5 nitrogen and oxygen atoms in total. The number of aromatic nitrogens is 2. The molecule has 1 N–H and O–H groups in total. The molecule has 0 atom stereocenters. The minimum atomic E-state index is -0.791. The zero-order chi connectivity index (χ0) is 21.3. The highest BCUT2D eigenvalue weighted by Crippen LogP contribution is 2.35. The van der Waals surface area contributed by atoms with Crippen molar-refractivity contribution in [3.63, 3.8) is 0 Å². The maximum absolute atomic E-state index is 13.7. The molecule has 4 aromatic rings. The highest BCUT2D eigenvalue weighted by Gasteiger charge is 2.17. The number of aryl methyl sites for hydroxylation is 1. The van der Waals surface area contributed by atoms with Crippen molar-refractivity contribution in [1.29, 1.82) is 0 Å². The van der Waals surface area contributed by atoms with Gasteiger partial charge >= 0.3 is 0 Å². The summed E-state index contributed by atoms with van der Waals surface area (Å²) >= 11 is 1.39. The number of nitrogens with one attached hydrogen (secondary N) is 1. The van der Waals surface area contributed by atoms with E-state index in [1.54, 1.807) is 0 Å². The molecule has 0 saturated heterocycles. The van der Waals surface area contributed by atoms with Crippen molar-refractivity contribution >= 4 is 33.5 Å². The van der Waals surface area contributed by atoms with E-state index in [1.807, 2.05) is 37.3 Å². The van der Waals surface area contributed by atoms with Crippen molar-refractivity contribution in [3.8, 4) is 11.1 Å². The number of carbonyl (C=O) groups is 1. The van der Waals surface area contributed by atoms with Gasteiger partial charge < -0.3 is 0 Å². The van der Waals surface area contributed by atoms with Crippen LogP contribution in [0, 0.1) is 18.6 Å². The molecule has 0 aliphatic carbocycles. The topological polar surface area (TPSA) is 64.0 Å². The van der Waals surface area contributed by atoms with Crippen LogP contribution in [0.1, 0.15) is 10.4 Å². The summed E-state index contributed by atoms with van der Waals surface area (Å²) in [5.41, 5.74) is 3.23. The number of hydrogen-bond donors (Lipinski definition) is 1. The highest BCUT2D eigenvalue weighted by atomic mass is 32.1. The van der Waals surface area contributed by atoms with Crippen molar-refractivity contribution < 1.29 is 13.6 Å². The van der Waals surface area contributed by atoms with Gasteiger partial charge in [-0.1, -0.05) is 36.4 Å². The van der Waals surface area contributed by atoms with E-state index in [0.29, 0.717) is 10.2 Å². The molecule has 0 aliphatic rings. The quantitative estimate of drug-likeness (QED) is 0.492. The Morgan fingerprint density at radius 2 is 1.80 bits per heavy atom. The van der Waals surface area contributed by atoms with E-state index in [4.69, 9.17) is 0 Å². The molecule has 0 bridgehead atoms. The molecule has 30 heavy (non-hydrogen) atoms. The standard InChI is InChI=1S/C22H15F2N3O2S/c1-13-19(14-6-3-2-4-7-14)20-21(30-13)25-12-27(22(20)29)26-18(28)11-10-15-16(23)8-5-9-17(15)24/h2-12H,1H3,(H,26,28)/b11-10+. The zero-order valence-electron chi connectivity index (χ0n) is 15.7. The van der Waals surface area contributed by atoms with Gasteiger partial charge in [0.1, 0.15) is 22.8 Å². The summed E-state index contributed by atoms with van der Waals surface area (Å²) in [4.78, 5) is 31.0. The first-order valence-corrected chi connectivity index (χ1v) is 9.76. The Morgan fingerprint density at radius 3 is 2.50 bits per heavy atom. The Hall–Kier alpha value is -3.65. The van der Waals surface area contributed by atoms with Gasteiger partial charge in [-0.25, -0.2) is 18.4 Å². The van der Waals surface area contributed by atoms with Crippen LogP contribution in [-0.4, -0.2) is 15.6 Å².